The van der Waals surface area contributed by atoms with Gasteiger partial charge in [0.2, 0.25) is 0 Å². The van der Waals surface area contributed by atoms with Gasteiger partial charge in [-0.2, -0.15) is 0 Å². The summed E-state index contributed by atoms with van der Waals surface area (Å²) in [7, 11) is 1.44. The molecule has 0 spiro atoms. The molecule has 0 bridgehead atoms. The standard InChI is InChI=1S/C11H14N2O4/c1-6(11(15)16)13(2)10(14)8-5-9(17-12-8)7-3-4-7/h5-7H,3-4H2,1-2H3,(H,15,16). The highest BCUT2D eigenvalue weighted by molar-refractivity contribution is 5.94. The van der Waals surface area contributed by atoms with Gasteiger partial charge in [0.05, 0.1) is 0 Å². The Morgan fingerprint density at radius 2 is 2.24 bits per heavy atom. The number of hydrogen-bond acceptors (Lipinski definition) is 4. The van der Waals surface area contributed by atoms with E-state index < -0.39 is 17.9 Å². The van der Waals surface area contributed by atoms with E-state index in [-0.39, 0.29) is 5.69 Å². The zero-order valence-corrected chi connectivity index (χ0v) is 9.71. The maximum atomic E-state index is 11.9. The van der Waals surface area contributed by atoms with Gasteiger partial charge in [0, 0.05) is 19.0 Å². The Balaban J connectivity index is 2.09. The first-order valence-electron chi connectivity index (χ1n) is 5.47. The average Bonchev–Trinajstić information content (AvgIpc) is 3.04. The zero-order valence-electron chi connectivity index (χ0n) is 9.71. The molecular formula is C11H14N2O4. The van der Waals surface area contributed by atoms with Crippen LogP contribution in [0.4, 0.5) is 0 Å². The van der Waals surface area contributed by atoms with Crippen LogP contribution in [0.25, 0.3) is 0 Å². The number of carboxylic acid groups (broad SMARTS) is 1. The van der Waals surface area contributed by atoms with E-state index in [1.807, 2.05) is 0 Å². The monoisotopic (exact) mass is 238 g/mol. The number of carbonyl (C=O) groups excluding carboxylic acids is 1. The molecule has 0 aliphatic heterocycles. The fourth-order valence-corrected chi connectivity index (χ4v) is 1.47. The number of aromatic nitrogens is 1. The fourth-order valence-electron chi connectivity index (χ4n) is 1.47. The molecule has 6 nitrogen and oxygen atoms in total. The highest BCUT2D eigenvalue weighted by Crippen LogP contribution is 2.40. The topological polar surface area (TPSA) is 83.6 Å². The molecule has 0 aromatic carbocycles. The third kappa shape index (κ3) is 2.30. The minimum Gasteiger partial charge on any atom is -0.480 e. The van der Waals surface area contributed by atoms with Crippen LogP contribution >= 0.6 is 0 Å². The Hall–Kier alpha value is -1.85. The average molecular weight is 238 g/mol. The number of nitrogens with zero attached hydrogens (tertiary/aromatic N) is 2. The van der Waals surface area contributed by atoms with Crippen LogP contribution in [0.2, 0.25) is 0 Å². The number of hydrogen-bond donors (Lipinski definition) is 1. The first kappa shape index (κ1) is 11.6. The van der Waals surface area contributed by atoms with Gasteiger partial charge in [-0.15, -0.1) is 0 Å². The number of carboxylic acids is 1. The van der Waals surface area contributed by atoms with Gasteiger partial charge in [0.1, 0.15) is 11.8 Å². The predicted octanol–water partition coefficient (Wildman–Crippen LogP) is 1.10. The molecular weight excluding hydrogens is 224 g/mol. The van der Waals surface area contributed by atoms with Gasteiger partial charge in [-0.25, -0.2) is 4.79 Å². The van der Waals surface area contributed by atoms with Crippen LogP contribution in [0.15, 0.2) is 10.6 Å². The lowest BCUT2D eigenvalue weighted by atomic mass is 10.2. The highest BCUT2D eigenvalue weighted by Gasteiger charge is 2.30. The van der Waals surface area contributed by atoms with Crippen LogP contribution in [0.5, 0.6) is 0 Å². The summed E-state index contributed by atoms with van der Waals surface area (Å²) in [4.78, 5) is 23.8. The highest BCUT2D eigenvalue weighted by atomic mass is 16.5. The van der Waals surface area contributed by atoms with Crippen molar-refractivity contribution in [2.75, 3.05) is 7.05 Å². The lowest BCUT2D eigenvalue weighted by Crippen LogP contribution is -2.40. The molecule has 1 unspecified atom stereocenters. The van der Waals surface area contributed by atoms with E-state index in [4.69, 9.17) is 9.63 Å². The van der Waals surface area contributed by atoms with E-state index in [1.165, 1.54) is 14.0 Å². The third-order valence-corrected chi connectivity index (χ3v) is 2.99. The molecule has 1 aromatic rings. The van der Waals surface area contributed by atoms with E-state index in [0.717, 1.165) is 17.7 Å². The Bertz CT molecular complexity index is 450. The summed E-state index contributed by atoms with van der Waals surface area (Å²) < 4.78 is 5.06. The van der Waals surface area contributed by atoms with Crippen LogP contribution in [-0.4, -0.2) is 40.1 Å². The first-order chi connectivity index (χ1) is 8.00. The molecule has 0 saturated heterocycles. The number of carbonyl (C=O) groups is 2. The maximum Gasteiger partial charge on any atom is 0.326 e. The van der Waals surface area contributed by atoms with Crippen molar-refractivity contribution in [2.24, 2.45) is 0 Å². The summed E-state index contributed by atoms with van der Waals surface area (Å²) in [6.45, 7) is 1.45. The molecule has 1 aliphatic rings. The van der Waals surface area contributed by atoms with Crippen LogP contribution in [-0.2, 0) is 4.79 Å². The Morgan fingerprint density at radius 3 is 2.76 bits per heavy atom. The van der Waals surface area contributed by atoms with Gasteiger partial charge < -0.3 is 14.5 Å². The maximum absolute atomic E-state index is 11.9. The summed E-state index contributed by atoms with van der Waals surface area (Å²) in [5, 5.41) is 12.5. The SMILES string of the molecule is CC(C(=O)O)N(C)C(=O)c1cc(C2CC2)on1. The van der Waals surface area contributed by atoms with Crippen molar-refractivity contribution in [3.63, 3.8) is 0 Å². The van der Waals surface area contributed by atoms with Gasteiger partial charge in [-0.3, -0.25) is 4.79 Å². The van der Waals surface area contributed by atoms with Gasteiger partial charge in [-0.05, 0) is 19.8 Å². The van der Waals surface area contributed by atoms with Crippen LogP contribution < -0.4 is 0 Å². The van der Waals surface area contributed by atoms with E-state index in [2.05, 4.69) is 5.16 Å². The summed E-state index contributed by atoms with van der Waals surface area (Å²) in [6, 6.07) is 0.717. The molecule has 1 heterocycles. The second-order valence-corrected chi connectivity index (χ2v) is 4.32. The summed E-state index contributed by atoms with van der Waals surface area (Å²) >= 11 is 0. The molecule has 0 radical (unpaired) electrons. The normalized spacial score (nSPS) is 16.6. The second-order valence-electron chi connectivity index (χ2n) is 4.32. The molecule has 17 heavy (non-hydrogen) atoms. The van der Waals surface area contributed by atoms with Gasteiger partial charge in [0.25, 0.3) is 5.91 Å². The number of likely N-dealkylation sites (N-methyl/N-ethyl adjacent to an activating group) is 1. The molecule has 1 saturated carbocycles. The smallest absolute Gasteiger partial charge is 0.326 e. The Labute approximate surface area is 98.2 Å². The molecule has 1 fully saturated rings. The predicted molar refractivity (Wildman–Crippen MR) is 57.7 cm³/mol. The number of aliphatic carboxylic acids is 1. The summed E-state index contributed by atoms with van der Waals surface area (Å²) in [5.74, 6) is -0.390. The van der Waals surface area contributed by atoms with Crippen molar-refractivity contribution in [1.29, 1.82) is 0 Å². The van der Waals surface area contributed by atoms with E-state index >= 15 is 0 Å². The number of rotatable bonds is 4. The third-order valence-electron chi connectivity index (χ3n) is 2.99. The van der Waals surface area contributed by atoms with Crippen molar-refractivity contribution >= 4 is 11.9 Å². The zero-order chi connectivity index (χ0) is 12.6. The largest absolute Gasteiger partial charge is 0.480 e. The first-order valence-corrected chi connectivity index (χ1v) is 5.47. The molecule has 92 valence electrons. The van der Waals surface area contributed by atoms with E-state index in [9.17, 15) is 9.59 Å². The molecule has 1 atom stereocenters. The molecule has 6 heteroatoms. The van der Waals surface area contributed by atoms with Crippen LogP contribution in [0.1, 0.15) is 41.9 Å². The van der Waals surface area contributed by atoms with E-state index in [0.29, 0.717) is 11.7 Å². The quantitative estimate of drug-likeness (QED) is 0.849. The van der Waals surface area contributed by atoms with Crippen molar-refractivity contribution in [3.05, 3.63) is 17.5 Å². The van der Waals surface area contributed by atoms with Crippen LogP contribution in [0, 0.1) is 0 Å². The van der Waals surface area contributed by atoms with Crippen LogP contribution in [0.3, 0.4) is 0 Å². The molecule has 2 rings (SSSR count). The minimum absolute atomic E-state index is 0.169. The summed E-state index contributed by atoms with van der Waals surface area (Å²) in [6.07, 6.45) is 2.12. The summed E-state index contributed by atoms with van der Waals surface area (Å²) in [5.41, 5.74) is 0.169. The molecule has 1 amide bonds. The van der Waals surface area contributed by atoms with Gasteiger partial charge in [0.15, 0.2) is 5.69 Å². The van der Waals surface area contributed by atoms with Crippen molar-refractivity contribution in [3.8, 4) is 0 Å². The minimum atomic E-state index is -1.05. The molecule has 1 aromatic heterocycles. The van der Waals surface area contributed by atoms with Crippen molar-refractivity contribution in [1.82, 2.24) is 10.1 Å². The van der Waals surface area contributed by atoms with Crippen molar-refractivity contribution < 1.29 is 19.2 Å². The lowest BCUT2D eigenvalue weighted by Gasteiger charge is -2.19. The lowest BCUT2D eigenvalue weighted by molar-refractivity contribution is -0.141. The van der Waals surface area contributed by atoms with Gasteiger partial charge >= 0.3 is 5.97 Å². The molecule has 1 N–H and O–H groups in total. The van der Waals surface area contributed by atoms with Crippen molar-refractivity contribution in [2.45, 2.75) is 31.7 Å². The van der Waals surface area contributed by atoms with E-state index in [1.54, 1.807) is 6.07 Å². The number of amides is 1. The fraction of sp³-hybridized carbons (Fsp3) is 0.545. The van der Waals surface area contributed by atoms with Gasteiger partial charge in [-0.1, -0.05) is 5.16 Å². The molecule has 1 aliphatic carbocycles. The Morgan fingerprint density at radius 1 is 1.59 bits per heavy atom. The second kappa shape index (κ2) is 4.20. The Kier molecular flexibility index (Phi) is 2.87.